The second-order valence-electron chi connectivity index (χ2n) is 4.16. The fraction of sp³-hybridized carbons (Fsp3) is 0.357. The van der Waals surface area contributed by atoms with Crippen LogP contribution in [0.25, 0.3) is 0 Å². The molecule has 0 aromatic carbocycles. The summed E-state index contributed by atoms with van der Waals surface area (Å²) in [5.74, 6) is 0.973. The molecule has 1 N–H and O–H groups in total. The lowest BCUT2D eigenvalue weighted by molar-refractivity contribution is 0.443. The lowest BCUT2D eigenvalue weighted by Gasteiger charge is -2.18. The number of nitrogens with one attached hydrogen (secondary N) is 1. The Bertz CT molecular complexity index is 470. The fourth-order valence-corrected chi connectivity index (χ4v) is 2.40. The molecule has 0 fully saturated rings. The minimum absolute atomic E-state index is 0.173. The largest absolute Gasteiger partial charge is 0.469 e. The molecule has 4 heteroatoms. The second kappa shape index (κ2) is 6.71. The molecule has 0 amide bonds. The molecule has 0 spiro atoms. The predicted molar refractivity (Wildman–Crippen MR) is 75.4 cm³/mol. The molecule has 2 aromatic heterocycles. The topological polar surface area (TPSA) is 38.1 Å². The average molecular weight is 309 g/mol. The van der Waals surface area contributed by atoms with E-state index < -0.39 is 0 Å². The van der Waals surface area contributed by atoms with E-state index in [-0.39, 0.29) is 6.04 Å². The molecule has 1 atom stereocenters. The van der Waals surface area contributed by atoms with E-state index in [1.54, 1.807) is 6.26 Å². The Hall–Kier alpha value is -1.13. The Morgan fingerprint density at radius 1 is 1.39 bits per heavy atom. The SMILES string of the molecule is CCCNC(Cc1ccco1)c1ncccc1Br. The molecule has 0 radical (unpaired) electrons. The molecule has 1 unspecified atom stereocenters. The van der Waals surface area contributed by atoms with Gasteiger partial charge in [-0.15, -0.1) is 0 Å². The Kier molecular flexibility index (Phi) is 4.96. The van der Waals surface area contributed by atoms with Gasteiger partial charge in [-0.3, -0.25) is 4.98 Å². The zero-order valence-electron chi connectivity index (χ0n) is 10.4. The van der Waals surface area contributed by atoms with E-state index in [4.69, 9.17) is 4.42 Å². The van der Waals surface area contributed by atoms with Crippen LogP contribution in [0.2, 0.25) is 0 Å². The van der Waals surface area contributed by atoms with Crippen molar-refractivity contribution in [2.45, 2.75) is 25.8 Å². The molecule has 0 aliphatic heterocycles. The number of halogens is 1. The number of hydrogen-bond donors (Lipinski definition) is 1. The standard InChI is InChI=1S/C14H17BrN2O/c1-2-7-16-13(10-11-5-4-9-18-11)14-12(15)6-3-8-17-14/h3-6,8-9,13,16H,2,7,10H2,1H3. The third-order valence-corrected chi connectivity index (χ3v) is 3.41. The summed E-state index contributed by atoms with van der Waals surface area (Å²) in [4.78, 5) is 4.46. The van der Waals surface area contributed by atoms with Gasteiger partial charge >= 0.3 is 0 Å². The van der Waals surface area contributed by atoms with Crippen molar-refractivity contribution in [2.24, 2.45) is 0 Å². The molecule has 2 aromatic rings. The summed E-state index contributed by atoms with van der Waals surface area (Å²) in [7, 11) is 0. The van der Waals surface area contributed by atoms with Crippen LogP contribution in [0.1, 0.15) is 30.8 Å². The first-order chi connectivity index (χ1) is 8.81. The number of rotatable bonds is 6. The van der Waals surface area contributed by atoms with Crippen molar-refractivity contribution in [1.82, 2.24) is 10.3 Å². The van der Waals surface area contributed by atoms with Crippen molar-refractivity contribution in [2.75, 3.05) is 6.54 Å². The van der Waals surface area contributed by atoms with Crippen LogP contribution in [0, 0.1) is 0 Å². The highest BCUT2D eigenvalue weighted by Crippen LogP contribution is 2.24. The highest BCUT2D eigenvalue weighted by atomic mass is 79.9. The van der Waals surface area contributed by atoms with E-state index in [2.05, 4.69) is 33.2 Å². The minimum Gasteiger partial charge on any atom is -0.469 e. The maximum Gasteiger partial charge on any atom is 0.105 e. The molecule has 2 heterocycles. The quantitative estimate of drug-likeness (QED) is 0.884. The zero-order valence-corrected chi connectivity index (χ0v) is 12.0. The van der Waals surface area contributed by atoms with Gasteiger partial charge in [0.05, 0.1) is 18.0 Å². The van der Waals surface area contributed by atoms with Gasteiger partial charge in [-0.1, -0.05) is 6.92 Å². The van der Waals surface area contributed by atoms with Crippen LogP contribution >= 0.6 is 15.9 Å². The summed E-state index contributed by atoms with van der Waals surface area (Å²) in [5.41, 5.74) is 1.03. The Labute approximate surface area is 116 Å². The first kappa shape index (κ1) is 13.3. The number of pyridine rings is 1. The lowest BCUT2D eigenvalue weighted by Crippen LogP contribution is -2.25. The van der Waals surface area contributed by atoms with Crippen molar-refractivity contribution in [3.05, 3.63) is 52.7 Å². The van der Waals surface area contributed by atoms with Gasteiger partial charge in [0.25, 0.3) is 0 Å². The lowest BCUT2D eigenvalue weighted by atomic mass is 10.1. The number of furan rings is 1. The van der Waals surface area contributed by atoms with Crippen molar-refractivity contribution < 1.29 is 4.42 Å². The van der Waals surface area contributed by atoms with Gasteiger partial charge in [-0.25, -0.2) is 0 Å². The summed E-state index contributed by atoms with van der Waals surface area (Å²) in [6.45, 7) is 3.12. The first-order valence-corrected chi connectivity index (χ1v) is 6.96. The van der Waals surface area contributed by atoms with Gasteiger partial charge in [0, 0.05) is 17.1 Å². The second-order valence-corrected chi connectivity index (χ2v) is 5.01. The molecule has 96 valence electrons. The van der Waals surface area contributed by atoms with Gasteiger partial charge in [0.1, 0.15) is 5.76 Å². The van der Waals surface area contributed by atoms with E-state index >= 15 is 0 Å². The van der Waals surface area contributed by atoms with Crippen LogP contribution in [-0.2, 0) is 6.42 Å². The molecule has 0 aliphatic rings. The number of aromatic nitrogens is 1. The number of nitrogens with zero attached hydrogens (tertiary/aromatic N) is 1. The summed E-state index contributed by atoms with van der Waals surface area (Å²) in [6, 6.07) is 8.03. The molecule has 0 aliphatic carbocycles. The maximum atomic E-state index is 5.42. The van der Waals surface area contributed by atoms with Crippen LogP contribution < -0.4 is 5.32 Å². The zero-order chi connectivity index (χ0) is 12.8. The van der Waals surface area contributed by atoms with E-state index in [1.165, 1.54) is 0 Å². The summed E-state index contributed by atoms with van der Waals surface area (Å²) in [5, 5.41) is 3.51. The molecule has 3 nitrogen and oxygen atoms in total. The summed E-state index contributed by atoms with van der Waals surface area (Å²) in [6.07, 6.45) is 5.43. The summed E-state index contributed by atoms with van der Waals surface area (Å²) < 4.78 is 6.45. The van der Waals surface area contributed by atoms with Crippen LogP contribution in [0.3, 0.4) is 0 Å². The molecule has 0 saturated heterocycles. The van der Waals surface area contributed by atoms with Crippen molar-refractivity contribution in [1.29, 1.82) is 0 Å². The van der Waals surface area contributed by atoms with Gasteiger partial charge in [0.15, 0.2) is 0 Å². The highest BCUT2D eigenvalue weighted by molar-refractivity contribution is 9.10. The number of hydrogen-bond acceptors (Lipinski definition) is 3. The monoisotopic (exact) mass is 308 g/mol. The molecule has 2 rings (SSSR count). The smallest absolute Gasteiger partial charge is 0.105 e. The minimum atomic E-state index is 0.173. The fourth-order valence-electron chi connectivity index (χ4n) is 1.87. The van der Waals surface area contributed by atoms with Gasteiger partial charge in [-0.05, 0) is 53.2 Å². The van der Waals surface area contributed by atoms with Gasteiger partial charge in [0.2, 0.25) is 0 Å². The molecular formula is C14H17BrN2O. The van der Waals surface area contributed by atoms with Crippen molar-refractivity contribution in [3.63, 3.8) is 0 Å². The van der Waals surface area contributed by atoms with Crippen LogP contribution in [-0.4, -0.2) is 11.5 Å². The Morgan fingerprint density at radius 3 is 2.94 bits per heavy atom. The van der Waals surface area contributed by atoms with Gasteiger partial charge in [-0.2, -0.15) is 0 Å². The normalized spacial score (nSPS) is 12.6. The third kappa shape index (κ3) is 3.43. The van der Waals surface area contributed by atoms with Crippen LogP contribution in [0.5, 0.6) is 0 Å². The van der Waals surface area contributed by atoms with E-state index in [0.717, 1.165) is 35.3 Å². The van der Waals surface area contributed by atoms with Crippen molar-refractivity contribution >= 4 is 15.9 Å². The molecule has 0 saturated carbocycles. The van der Waals surface area contributed by atoms with E-state index in [0.29, 0.717) is 0 Å². The first-order valence-electron chi connectivity index (χ1n) is 6.17. The Balaban J connectivity index is 2.16. The average Bonchev–Trinajstić information content (AvgIpc) is 2.88. The van der Waals surface area contributed by atoms with E-state index in [1.807, 2.05) is 30.5 Å². The molecule has 0 bridgehead atoms. The maximum absolute atomic E-state index is 5.42. The van der Waals surface area contributed by atoms with Crippen molar-refractivity contribution in [3.8, 4) is 0 Å². The molecule has 18 heavy (non-hydrogen) atoms. The highest BCUT2D eigenvalue weighted by Gasteiger charge is 2.16. The van der Waals surface area contributed by atoms with Gasteiger partial charge < -0.3 is 9.73 Å². The third-order valence-electron chi connectivity index (χ3n) is 2.74. The predicted octanol–water partition coefficient (Wildman–Crippen LogP) is 3.72. The Morgan fingerprint density at radius 2 is 2.28 bits per heavy atom. The van der Waals surface area contributed by atoms with Crippen LogP contribution in [0.4, 0.5) is 0 Å². The summed E-state index contributed by atoms with van der Waals surface area (Å²) >= 11 is 3.56. The van der Waals surface area contributed by atoms with Crippen LogP contribution in [0.15, 0.2) is 45.6 Å². The van der Waals surface area contributed by atoms with E-state index in [9.17, 15) is 0 Å². The molecular weight excluding hydrogens is 292 g/mol.